The molecule has 0 amide bonds. The topological polar surface area (TPSA) is 98.2 Å². The van der Waals surface area contributed by atoms with Gasteiger partial charge in [-0.25, -0.2) is 0 Å². The molecular weight excluding hydrogens is 358 g/mol. The lowest BCUT2D eigenvalue weighted by Gasteiger charge is -2.05. The highest BCUT2D eigenvalue weighted by Gasteiger charge is 2.74. The summed E-state index contributed by atoms with van der Waals surface area (Å²) in [6, 6.07) is 18.7. The fourth-order valence-corrected chi connectivity index (χ4v) is 3.64. The molecule has 4 rings (SSSR count). The molecule has 0 radical (unpaired) electrons. The number of carbonyl (C=O) groups is 1. The summed E-state index contributed by atoms with van der Waals surface area (Å²) in [5, 5.41) is 18.2. The number of hydrogen-bond acceptors (Lipinski definition) is 7. The molecule has 7 heteroatoms. The second-order valence-electron chi connectivity index (χ2n) is 6.51. The van der Waals surface area contributed by atoms with Gasteiger partial charge >= 0.3 is 5.97 Å². The van der Waals surface area contributed by atoms with Crippen molar-refractivity contribution in [2.24, 2.45) is 5.92 Å². The van der Waals surface area contributed by atoms with Crippen LogP contribution in [0.1, 0.15) is 17.4 Å². The maximum absolute atomic E-state index is 12.4. The van der Waals surface area contributed by atoms with Crippen molar-refractivity contribution in [2.45, 2.75) is 11.3 Å². The summed E-state index contributed by atoms with van der Waals surface area (Å²) in [6.45, 7) is 0. The summed E-state index contributed by atoms with van der Waals surface area (Å²) in [5.41, 5.74) is 0.282. The van der Waals surface area contributed by atoms with Crippen LogP contribution in [0.2, 0.25) is 0 Å². The van der Waals surface area contributed by atoms with Gasteiger partial charge in [0.15, 0.2) is 5.41 Å². The average Bonchev–Trinajstić information content (AvgIpc) is 3.19. The Hall–Kier alpha value is -3.66. The van der Waals surface area contributed by atoms with E-state index in [1.165, 1.54) is 7.11 Å². The number of carbonyl (C=O) groups excluding carboxylic acids is 1. The molecule has 1 aliphatic carbocycles. The van der Waals surface area contributed by atoms with Gasteiger partial charge in [0.1, 0.15) is 5.75 Å². The predicted molar refractivity (Wildman–Crippen MR) is 98.3 cm³/mol. The van der Waals surface area contributed by atoms with Crippen LogP contribution in [0, 0.1) is 17.2 Å². The molecule has 0 aliphatic heterocycles. The lowest BCUT2D eigenvalue weighted by molar-refractivity contribution is -0.142. The van der Waals surface area contributed by atoms with E-state index in [0.29, 0.717) is 11.6 Å². The van der Waals surface area contributed by atoms with Crippen LogP contribution < -0.4 is 4.74 Å². The number of esters is 1. The number of rotatable bonds is 5. The number of methoxy groups -OCH3 is 2. The summed E-state index contributed by atoms with van der Waals surface area (Å²) < 4.78 is 16.0. The van der Waals surface area contributed by atoms with Crippen LogP contribution in [-0.4, -0.2) is 30.4 Å². The molecule has 0 spiro atoms. The van der Waals surface area contributed by atoms with Gasteiger partial charge in [0, 0.05) is 11.5 Å². The summed E-state index contributed by atoms with van der Waals surface area (Å²) in [7, 11) is 2.88. The smallest absolute Gasteiger partial charge is 0.311 e. The molecule has 1 aromatic heterocycles. The number of aromatic nitrogens is 2. The molecule has 140 valence electrons. The highest BCUT2D eigenvalue weighted by atomic mass is 16.5. The Morgan fingerprint density at radius 1 is 1.11 bits per heavy atom. The minimum absolute atomic E-state index is 0.116. The van der Waals surface area contributed by atoms with Gasteiger partial charge in [0.05, 0.1) is 26.2 Å². The second kappa shape index (κ2) is 6.82. The molecule has 1 heterocycles. The number of ether oxygens (including phenoxy) is 2. The quantitative estimate of drug-likeness (QED) is 0.632. The van der Waals surface area contributed by atoms with Gasteiger partial charge in [-0.3, -0.25) is 4.79 Å². The van der Waals surface area contributed by atoms with Crippen molar-refractivity contribution in [3.63, 3.8) is 0 Å². The molecule has 28 heavy (non-hydrogen) atoms. The molecular formula is C21H17N3O4. The molecule has 3 aromatic rings. The summed E-state index contributed by atoms with van der Waals surface area (Å²) in [6.07, 6.45) is 0. The van der Waals surface area contributed by atoms with E-state index in [9.17, 15) is 10.1 Å². The van der Waals surface area contributed by atoms with Crippen LogP contribution in [0.15, 0.2) is 59.0 Å². The predicted octanol–water partition coefficient (Wildman–Crippen LogP) is 3.09. The molecule has 0 N–H and O–H groups in total. The van der Waals surface area contributed by atoms with Crippen LogP contribution in [0.3, 0.4) is 0 Å². The molecule has 1 fully saturated rings. The third-order valence-electron chi connectivity index (χ3n) is 5.12. The molecule has 3 atom stereocenters. The minimum Gasteiger partial charge on any atom is -0.497 e. The summed E-state index contributed by atoms with van der Waals surface area (Å²) in [4.78, 5) is 12.4. The first-order valence-corrected chi connectivity index (χ1v) is 8.68. The number of benzene rings is 2. The lowest BCUT2D eigenvalue weighted by Crippen LogP contribution is -2.15. The zero-order valence-corrected chi connectivity index (χ0v) is 15.3. The lowest BCUT2D eigenvalue weighted by atomic mass is 10.00. The van der Waals surface area contributed by atoms with Crippen LogP contribution in [-0.2, 0) is 14.9 Å². The molecule has 2 aromatic carbocycles. The monoisotopic (exact) mass is 375 g/mol. The summed E-state index contributed by atoms with van der Waals surface area (Å²) >= 11 is 0. The zero-order valence-electron chi connectivity index (χ0n) is 15.3. The van der Waals surface area contributed by atoms with Crippen molar-refractivity contribution >= 4 is 5.97 Å². The molecule has 7 nitrogen and oxygen atoms in total. The fourth-order valence-electron chi connectivity index (χ4n) is 3.64. The number of hydrogen-bond donors (Lipinski definition) is 0. The van der Waals surface area contributed by atoms with Crippen molar-refractivity contribution in [3.05, 3.63) is 66.1 Å². The van der Waals surface area contributed by atoms with Crippen molar-refractivity contribution in [1.82, 2.24) is 10.2 Å². The van der Waals surface area contributed by atoms with Crippen LogP contribution in [0.4, 0.5) is 0 Å². The van der Waals surface area contributed by atoms with Gasteiger partial charge in [-0.15, -0.1) is 10.2 Å². The fraction of sp³-hybridized carbons (Fsp3) is 0.238. The normalized spacial score (nSPS) is 22.9. The molecule has 1 aliphatic rings. The van der Waals surface area contributed by atoms with Gasteiger partial charge in [-0.2, -0.15) is 5.26 Å². The van der Waals surface area contributed by atoms with Crippen molar-refractivity contribution in [3.8, 4) is 23.3 Å². The Bertz CT molecular complexity index is 1040. The van der Waals surface area contributed by atoms with Gasteiger partial charge in [0.25, 0.3) is 0 Å². The van der Waals surface area contributed by atoms with Crippen molar-refractivity contribution in [1.29, 1.82) is 5.26 Å². The van der Waals surface area contributed by atoms with Crippen LogP contribution in [0.25, 0.3) is 11.5 Å². The van der Waals surface area contributed by atoms with E-state index in [1.807, 2.05) is 42.5 Å². The van der Waals surface area contributed by atoms with E-state index in [4.69, 9.17) is 13.9 Å². The van der Waals surface area contributed by atoms with E-state index in [-0.39, 0.29) is 5.89 Å². The number of nitriles is 1. The average molecular weight is 375 g/mol. The second-order valence-corrected chi connectivity index (χ2v) is 6.51. The van der Waals surface area contributed by atoms with Crippen molar-refractivity contribution in [2.75, 3.05) is 14.2 Å². The summed E-state index contributed by atoms with van der Waals surface area (Å²) in [5.74, 6) is -0.549. The maximum Gasteiger partial charge on any atom is 0.311 e. The Kier molecular flexibility index (Phi) is 4.32. The Balaban J connectivity index is 1.76. The van der Waals surface area contributed by atoms with E-state index in [2.05, 4.69) is 16.3 Å². The number of nitrogens with zero attached hydrogens (tertiary/aromatic N) is 3. The first-order valence-electron chi connectivity index (χ1n) is 8.68. The first-order chi connectivity index (χ1) is 13.7. The molecule has 0 unspecified atom stereocenters. The van der Waals surface area contributed by atoms with Gasteiger partial charge in [-0.1, -0.05) is 30.3 Å². The van der Waals surface area contributed by atoms with Gasteiger partial charge in [-0.05, 0) is 29.8 Å². The standard InChI is InChI=1S/C21H17N3O4/c1-26-15-10-8-13(9-11-15)16-17(19(25)27-2)21(16,12-22)20-24-23-18(28-20)14-6-4-3-5-7-14/h3-11,16-17H,1-2H3/t16-,17+,21+/m1/s1. The Labute approximate surface area is 161 Å². The SMILES string of the molecule is COC(=O)[C@@H]1[C@@H](c2ccc(OC)cc2)[C@]1(C#N)c1nnc(-c2ccccc2)o1. The third kappa shape index (κ3) is 2.62. The van der Waals surface area contributed by atoms with Crippen LogP contribution >= 0.6 is 0 Å². The largest absolute Gasteiger partial charge is 0.497 e. The third-order valence-corrected chi connectivity index (χ3v) is 5.12. The highest BCUT2D eigenvalue weighted by molar-refractivity contribution is 5.83. The van der Waals surface area contributed by atoms with Gasteiger partial charge < -0.3 is 13.9 Å². The van der Waals surface area contributed by atoms with E-state index in [1.54, 1.807) is 19.2 Å². The van der Waals surface area contributed by atoms with E-state index >= 15 is 0 Å². The Morgan fingerprint density at radius 3 is 2.43 bits per heavy atom. The van der Waals surface area contributed by atoms with E-state index < -0.39 is 23.2 Å². The first kappa shape index (κ1) is 17.7. The van der Waals surface area contributed by atoms with Crippen molar-refractivity contribution < 1.29 is 18.7 Å². The highest BCUT2D eigenvalue weighted by Crippen LogP contribution is 2.65. The Morgan fingerprint density at radius 2 is 1.82 bits per heavy atom. The zero-order chi connectivity index (χ0) is 19.7. The molecule has 0 bridgehead atoms. The molecule has 0 saturated heterocycles. The molecule has 1 saturated carbocycles. The maximum atomic E-state index is 12.4. The minimum atomic E-state index is -1.26. The van der Waals surface area contributed by atoms with E-state index in [0.717, 1.165) is 11.1 Å². The van der Waals surface area contributed by atoms with Crippen LogP contribution in [0.5, 0.6) is 5.75 Å². The van der Waals surface area contributed by atoms with Gasteiger partial charge in [0.2, 0.25) is 11.8 Å².